The standard InChI is InChI=1S/C58H41F2N4O.Pt/c1-58(2,3)42-30-31-61-56(34-42)64-52-17-8-7-14-50(52)51-29-28-46(36-55(51)64)65-47-33-41(38-12-5-4-6-13-38)32-45(35-47)62-37-63(54-19-10-9-18-53(54)62)57-48(39-20-24-43(59)25-21-39)15-11-16-49(57)40-22-26-44(60)27-23-40;/h4-34,37H,1-3H3;/q-3;. The van der Waals surface area contributed by atoms with Crippen LogP contribution in [0.25, 0.3) is 61.0 Å². The van der Waals surface area contributed by atoms with Crippen molar-refractivity contribution in [2.75, 3.05) is 9.80 Å². The molecule has 3 heterocycles. The maximum absolute atomic E-state index is 14.3. The third kappa shape index (κ3) is 7.84. The first-order valence-electron chi connectivity index (χ1n) is 21.6. The van der Waals surface area contributed by atoms with Crippen LogP contribution in [0.2, 0.25) is 0 Å². The topological polar surface area (TPSA) is 33.5 Å². The zero-order chi connectivity index (χ0) is 44.2. The molecule has 8 aromatic carbocycles. The first-order chi connectivity index (χ1) is 31.7. The molecule has 0 spiro atoms. The van der Waals surface area contributed by atoms with Crippen LogP contribution in [-0.4, -0.2) is 9.55 Å². The van der Waals surface area contributed by atoms with E-state index >= 15 is 0 Å². The van der Waals surface area contributed by atoms with Gasteiger partial charge in [0.15, 0.2) is 0 Å². The average Bonchev–Trinajstić information content (AvgIpc) is 3.88. The summed E-state index contributed by atoms with van der Waals surface area (Å²) in [6, 6.07) is 65.5. The molecule has 0 amide bonds. The van der Waals surface area contributed by atoms with Gasteiger partial charge < -0.3 is 19.1 Å². The van der Waals surface area contributed by atoms with Crippen LogP contribution in [0, 0.1) is 30.4 Å². The molecule has 0 saturated heterocycles. The number of ether oxygens (including phenoxy) is 1. The number of aromatic nitrogens is 2. The molecule has 0 atom stereocenters. The fraction of sp³-hybridized carbons (Fsp3) is 0.0690. The molecule has 11 rings (SSSR count). The van der Waals surface area contributed by atoms with Crippen LogP contribution < -0.4 is 14.5 Å². The number of hydrogen-bond donors (Lipinski definition) is 0. The average molecular weight is 1040 g/mol. The molecule has 0 aliphatic carbocycles. The van der Waals surface area contributed by atoms with Crippen molar-refractivity contribution >= 4 is 44.6 Å². The molecule has 5 nitrogen and oxygen atoms in total. The number of benzene rings is 8. The number of anilines is 4. The zero-order valence-electron chi connectivity index (χ0n) is 36.2. The fourth-order valence-electron chi connectivity index (χ4n) is 8.82. The molecule has 0 radical (unpaired) electrons. The second kappa shape index (κ2) is 17.2. The van der Waals surface area contributed by atoms with Crippen molar-refractivity contribution < 1.29 is 34.6 Å². The van der Waals surface area contributed by atoms with Gasteiger partial charge >= 0.3 is 0 Å². The van der Waals surface area contributed by atoms with Gasteiger partial charge in [0.05, 0.1) is 0 Å². The van der Waals surface area contributed by atoms with E-state index in [1.165, 1.54) is 29.8 Å². The third-order valence-corrected chi connectivity index (χ3v) is 12.0. The maximum Gasteiger partial charge on any atom is 0.135 e. The van der Waals surface area contributed by atoms with E-state index in [0.717, 1.165) is 83.8 Å². The number of pyridine rings is 1. The summed E-state index contributed by atoms with van der Waals surface area (Å²) in [7, 11) is 0. The Hall–Kier alpha value is -7.34. The summed E-state index contributed by atoms with van der Waals surface area (Å²) in [5, 5.41) is 2.15. The van der Waals surface area contributed by atoms with Gasteiger partial charge in [-0.25, -0.2) is 13.8 Å². The summed E-state index contributed by atoms with van der Waals surface area (Å²) < 4.78 is 37.6. The summed E-state index contributed by atoms with van der Waals surface area (Å²) >= 11 is 0. The van der Waals surface area contributed by atoms with Gasteiger partial charge in [0.25, 0.3) is 0 Å². The van der Waals surface area contributed by atoms with Crippen molar-refractivity contribution in [1.29, 1.82) is 0 Å². The Morgan fingerprint density at radius 2 is 1.18 bits per heavy atom. The SMILES string of the molecule is CC(C)(C)c1ccnc(-n2c3[c-]c(Oc4[c-]c(N5[CH-]N(c6c(-c7ccc(F)cc7)cccc6-c6ccc(F)cc6)c6ccccc65)cc(-c5ccccc5)c4)ccc3c3ccccc32)c1.[Pt]. The molecule has 0 bridgehead atoms. The number of rotatable bonds is 8. The Morgan fingerprint density at radius 3 is 1.86 bits per heavy atom. The molecule has 1 aliphatic rings. The Morgan fingerprint density at radius 1 is 0.545 bits per heavy atom. The predicted molar refractivity (Wildman–Crippen MR) is 259 cm³/mol. The summed E-state index contributed by atoms with van der Waals surface area (Å²) in [6.45, 7) is 8.68. The van der Waals surface area contributed by atoms with Crippen molar-refractivity contribution in [3.63, 3.8) is 0 Å². The molecule has 326 valence electrons. The van der Waals surface area contributed by atoms with E-state index < -0.39 is 0 Å². The molecule has 0 fully saturated rings. The van der Waals surface area contributed by atoms with Crippen molar-refractivity contribution in [3.05, 3.63) is 224 Å². The summed E-state index contributed by atoms with van der Waals surface area (Å²) in [5.41, 5.74) is 11.9. The first-order valence-corrected chi connectivity index (χ1v) is 21.6. The molecule has 0 unspecified atom stereocenters. The number of halogens is 2. The van der Waals surface area contributed by atoms with E-state index in [-0.39, 0.29) is 38.1 Å². The number of fused-ring (bicyclic) bond motifs is 4. The summed E-state index contributed by atoms with van der Waals surface area (Å²) in [6.07, 6.45) is 1.88. The summed E-state index contributed by atoms with van der Waals surface area (Å²) in [4.78, 5) is 9.13. The predicted octanol–water partition coefficient (Wildman–Crippen LogP) is 15.6. The van der Waals surface area contributed by atoms with Gasteiger partial charge in [0.2, 0.25) is 0 Å². The maximum atomic E-state index is 14.3. The minimum Gasteiger partial charge on any atom is -0.509 e. The normalized spacial score (nSPS) is 12.4. The van der Waals surface area contributed by atoms with Crippen LogP contribution >= 0.6 is 0 Å². The smallest absolute Gasteiger partial charge is 0.135 e. The minimum atomic E-state index is -0.316. The minimum absolute atomic E-state index is 0. The van der Waals surface area contributed by atoms with E-state index in [1.54, 1.807) is 24.3 Å². The van der Waals surface area contributed by atoms with Gasteiger partial charge in [-0.2, -0.15) is 6.07 Å². The van der Waals surface area contributed by atoms with Crippen LogP contribution in [0.3, 0.4) is 0 Å². The molecule has 10 aromatic rings. The molecule has 1 aliphatic heterocycles. The fourth-order valence-corrected chi connectivity index (χ4v) is 8.82. The van der Waals surface area contributed by atoms with E-state index in [1.807, 2.05) is 72.9 Å². The van der Waals surface area contributed by atoms with E-state index in [9.17, 15) is 8.78 Å². The molecule has 0 saturated carbocycles. The van der Waals surface area contributed by atoms with Crippen LogP contribution in [0.4, 0.5) is 31.5 Å². The Balaban J connectivity index is 0.00000511. The van der Waals surface area contributed by atoms with Crippen molar-refractivity contribution in [3.8, 4) is 50.7 Å². The van der Waals surface area contributed by atoms with Crippen LogP contribution in [0.5, 0.6) is 11.5 Å². The van der Waals surface area contributed by atoms with E-state index in [2.05, 4.69) is 121 Å². The first kappa shape index (κ1) is 42.6. The molecule has 66 heavy (non-hydrogen) atoms. The van der Waals surface area contributed by atoms with Crippen molar-refractivity contribution in [2.45, 2.75) is 26.2 Å². The van der Waals surface area contributed by atoms with Gasteiger partial charge in [-0.3, -0.25) is 0 Å². The van der Waals surface area contributed by atoms with Gasteiger partial charge in [-0.15, -0.1) is 53.6 Å². The zero-order valence-corrected chi connectivity index (χ0v) is 38.5. The van der Waals surface area contributed by atoms with Crippen LogP contribution in [-0.2, 0) is 26.5 Å². The Kier molecular flexibility index (Phi) is 11.1. The second-order valence-corrected chi connectivity index (χ2v) is 17.2. The Labute approximate surface area is 397 Å². The number of hydrogen-bond acceptors (Lipinski definition) is 4. The summed E-state index contributed by atoms with van der Waals surface area (Å²) in [5.74, 6) is 1.22. The van der Waals surface area contributed by atoms with Crippen molar-refractivity contribution in [2.24, 2.45) is 0 Å². The van der Waals surface area contributed by atoms with Gasteiger partial charge in [0.1, 0.15) is 17.5 Å². The molecular weight excluding hydrogens is 1000 g/mol. The quantitative estimate of drug-likeness (QED) is 0.142. The Bertz CT molecular complexity index is 3340. The molecule has 8 heteroatoms. The van der Waals surface area contributed by atoms with Crippen molar-refractivity contribution in [1.82, 2.24) is 9.55 Å². The molecular formula is C58H41F2N4OPt-3. The molecule has 2 aromatic heterocycles. The van der Waals surface area contributed by atoms with Crippen LogP contribution in [0.15, 0.2) is 188 Å². The van der Waals surface area contributed by atoms with E-state index in [4.69, 9.17) is 9.72 Å². The second-order valence-electron chi connectivity index (χ2n) is 17.2. The largest absolute Gasteiger partial charge is 0.509 e. The monoisotopic (exact) mass is 1040 g/mol. The van der Waals surface area contributed by atoms with Gasteiger partial charge in [-0.1, -0.05) is 129 Å². The van der Waals surface area contributed by atoms with E-state index in [0.29, 0.717) is 11.5 Å². The molecule has 0 N–H and O–H groups in total. The van der Waals surface area contributed by atoms with Gasteiger partial charge in [-0.05, 0) is 87.7 Å². The van der Waals surface area contributed by atoms with Crippen LogP contribution in [0.1, 0.15) is 26.3 Å². The third-order valence-electron chi connectivity index (χ3n) is 12.0. The number of para-hydroxylation sites is 4. The number of nitrogens with zero attached hydrogens (tertiary/aromatic N) is 4. The van der Waals surface area contributed by atoms with Gasteiger partial charge in [0, 0.05) is 72.5 Å².